The molecule has 2 amide bonds. The molecule has 4 rings (SSSR count). The van der Waals surface area contributed by atoms with E-state index in [0.717, 1.165) is 24.1 Å². The molecule has 3 heterocycles. The molecular weight excluding hydrogens is 685 g/mol. The van der Waals surface area contributed by atoms with Crippen LogP contribution in [0.15, 0.2) is 42.9 Å². The fraction of sp³-hybridized carbons (Fsp3) is 0.583. The lowest BCUT2D eigenvalue weighted by Crippen LogP contribution is -2.32. The summed E-state index contributed by atoms with van der Waals surface area (Å²) in [6.07, 6.45) is 3.34. The van der Waals surface area contributed by atoms with Crippen LogP contribution in [0, 0.1) is 0 Å². The minimum absolute atomic E-state index is 0.00365. The lowest BCUT2D eigenvalue weighted by Gasteiger charge is -2.24. The number of hydrogen-bond acceptors (Lipinski definition) is 9. The van der Waals surface area contributed by atoms with E-state index in [9.17, 15) is 14.4 Å². The summed E-state index contributed by atoms with van der Waals surface area (Å²) in [5.41, 5.74) is 0.242. The number of aromatic nitrogens is 4. The van der Waals surface area contributed by atoms with E-state index in [1.165, 1.54) is 6.33 Å². The van der Waals surface area contributed by atoms with Crippen molar-refractivity contribution in [3.63, 3.8) is 0 Å². The molecule has 15 heteroatoms. The highest BCUT2D eigenvalue weighted by Gasteiger charge is 2.36. The SMILES string of the molecule is CC(C)(C)OC(=O)Nc1c(C(=O)c2cn(COCC[Si](C)(C)C)c([C@@H]3CCCN3C(=O)OCc3ccccc3)n2)ncn1COCC[Si](C)(C)C. The number of nitrogens with zero attached hydrogens (tertiary/aromatic N) is 5. The zero-order chi connectivity index (χ0) is 37.4. The number of amides is 2. The van der Waals surface area contributed by atoms with Gasteiger partial charge in [-0.05, 0) is 51.3 Å². The zero-order valence-electron chi connectivity index (χ0n) is 31.8. The van der Waals surface area contributed by atoms with Gasteiger partial charge in [0.15, 0.2) is 5.69 Å². The summed E-state index contributed by atoms with van der Waals surface area (Å²) in [6, 6.07) is 11.0. The summed E-state index contributed by atoms with van der Waals surface area (Å²) in [5.74, 6) is 0.174. The van der Waals surface area contributed by atoms with Gasteiger partial charge in [-0.3, -0.25) is 19.6 Å². The maximum Gasteiger partial charge on any atom is 0.413 e. The van der Waals surface area contributed by atoms with Crippen LogP contribution in [0.25, 0.3) is 0 Å². The molecule has 1 aliphatic rings. The number of ketones is 1. The molecule has 0 radical (unpaired) electrons. The van der Waals surface area contributed by atoms with Crippen molar-refractivity contribution in [3.8, 4) is 0 Å². The maximum absolute atomic E-state index is 14.2. The number of nitrogens with one attached hydrogen (secondary N) is 1. The van der Waals surface area contributed by atoms with Crippen LogP contribution in [-0.4, -0.2) is 83.5 Å². The fourth-order valence-corrected chi connectivity index (χ4v) is 6.86. The van der Waals surface area contributed by atoms with Crippen molar-refractivity contribution in [2.45, 2.75) is 117 Å². The van der Waals surface area contributed by atoms with Crippen molar-refractivity contribution in [1.82, 2.24) is 24.0 Å². The zero-order valence-corrected chi connectivity index (χ0v) is 33.8. The second-order valence-corrected chi connectivity index (χ2v) is 27.7. The van der Waals surface area contributed by atoms with E-state index in [1.807, 2.05) is 30.3 Å². The number of anilines is 1. The van der Waals surface area contributed by atoms with Gasteiger partial charge in [-0.15, -0.1) is 0 Å². The Morgan fingerprint density at radius 1 is 0.922 bits per heavy atom. The largest absolute Gasteiger partial charge is 0.445 e. The Morgan fingerprint density at radius 2 is 1.55 bits per heavy atom. The highest BCUT2D eigenvalue weighted by Crippen LogP contribution is 2.33. The molecule has 0 unspecified atom stereocenters. The van der Waals surface area contributed by atoms with Crippen LogP contribution >= 0.6 is 0 Å². The van der Waals surface area contributed by atoms with Gasteiger partial charge in [-0.2, -0.15) is 0 Å². The second kappa shape index (κ2) is 17.1. The first-order valence-electron chi connectivity index (χ1n) is 17.7. The summed E-state index contributed by atoms with van der Waals surface area (Å²) in [7, 11) is -2.68. The Hall–Kier alpha value is -3.80. The monoisotopic (exact) mass is 740 g/mol. The molecule has 0 saturated carbocycles. The predicted octanol–water partition coefficient (Wildman–Crippen LogP) is 7.76. The van der Waals surface area contributed by atoms with Crippen molar-refractivity contribution in [2.75, 3.05) is 25.1 Å². The van der Waals surface area contributed by atoms with Gasteiger partial charge in [0.2, 0.25) is 5.78 Å². The average Bonchev–Trinajstić information content (AvgIpc) is 3.77. The third kappa shape index (κ3) is 12.4. The summed E-state index contributed by atoms with van der Waals surface area (Å²) in [5, 5.41) is 2.73. The van der Waals surface area contributed by atoms with Crippen molar-refractivity contribution < 1.29 is 33.3 Å². The number of likely N-dealkylation sites (tertiary alicyclic amines) is 1. The van der Waals surface area contributed by atoms with E-state index in [-0.39, 0.29) is 37.3 Å². The van der Waals surface area contributed by atoms with Crippen LogP contribution in [0.4, 0.5) is 15.4 Å². The van der Waals surface area contributed by atoms with Crippen LogP contribution in [0.5, 0.6) is 0 Å². The lowest BCUT2D eigenvalue weighted by molar-refractivity contribution is 0.0629. The van der Waals surface area contributed by atoms with Crippen LogP contribution in [-0.2, 0) is 39.0 Å². The Morgan fingerprint density at radius 3 is 2.16 bits per heavy atom. The first-order valence-corrected chi connectivity index (χ1v) is 25.1. The number of ether oxygens (including phenoxy) is 4. The van der Waals surface area contributed by atoms with Crippen LogP contribution in [0.1, 0.15) is 67.2 Å². The van der Waals surface area contributed by atoms with Crippen molar-refractivity contribution in [2.24, 2.45) is 0 Å². The second-order valence-electron chi connectivity index (χ2n) is 16.4. The molecule has 0 aliphatic carbocycles. The van der Waals surface area contributed by atoms with E-state index in [0.29, 0.717) is 32.0 Å². The van der Waals surface area contributed by atoms with Gasteiger partial charge in [0.05, 0.1) is 12.4 Å². The summed E-state index contributed by atoms with van der Waals surface area (Å²) >= 11 is 0. The maximum atomic E-state index is 14.2. The first-order chi connectivity index (χ1) is 23.9. The third-order valence-electron chi connectivity index (χ3n) is 8.16. The molecular formula is C36H56N6O7Si2. The average molecular weight is 741 g/mol. The summed E-state index contributed by atoms with van der Waals surface area (Å²) in [4.78, 5) is 51.4. The van der Waals surface area contributed by atoms with Gasteiger partial charge in [0.25, 0.3) is 0 Å². The minimum atomic E-state index is -1.35. The highest BCUT2D eigenvalue weighted by molar-refractivity contribution is 6.76. The standard InChI is InChI=1S/C36H56N6O7Si2/c1-36(2,3)49-34(44)39-33-30(37-24-41(33)26-47-19-21-51(7,8)9)31(43)28-22-40(25-46-18-20-50(4,5)6)32(38-28)29-16-13-17-42(29)35(45)48-23-27-14-11-10-12-15-27/h10-12,14-15,22,24,29H,13,16-21,23,25-26H2,1-9H3,(H,39,44)/t29-/m0/s1. The number of benzene rings is 1. The molecule has 2 aromatic heterocycles. The van der Waals surface area contributed by atoms with E-state index < -0.39 is 45.8 Å². The third-order valence-corrected chi connectivity index (χ3v) is 11.6. The normalized spacial score (nSPS) is 15.2. The number of rotatable bonds is 16. The molecule has 1 atom stereocenters. The molecule has 1 aromatic carbocycles. The van der Waals surface area contributed by atoms with E-state index in [1.54, 1.807) is 41.0 Å². The van der Waals surface area contributed by atoms with E-state index in [4.69, 9.17) is 23.9 Å². The highest BCUT2D eigenvalue weighted by atomic mass is 28.3. The fourth-order valence-electron chi connectivity index (χ4n) is 5.35. The Balaban J connectivity index is 1.62. The van der Waals surface area contributed by atoms with Gasteiger partial charge in [-0.25, -0.2) is 19.6 Å². The van der Waals surface area contributed by atoms with Crippen molar-refractivity contribution >= 4 is 39.9 Å². The van der Waals surface area contributed by atoms with E-state index in [2.05, 4.69) is 49.6 Å². The quantitative estimate of drug-likeness (QED) is 0.0887. The van der Waals surface area contributed by atoms with Gasteiger partial charge >= 0.3 is 12.2 Å². The van der Waals surface area contributed by atoms with Gasteiger partial charge in [0.1, 0.15) is 43.0 Å². The molecule has 3 aromatic rings. The predicted molar refractivity (Wildman–Crippen MR) is 201 cm³/mol. The number of carbonyl (C=O) groups excluding carboxylic acids is 3. The minimum Gasteiger partial charge on any atom is -0.445 e. The Bertz CT molecular complexity index is 1620. The Kier molecular flexibility index (Phi) is 13.4. The van der Waals surface area contributed by atoms with Crippen molar-refractivity contribution in [1.29, 1.82) is 0 Å². The van der Waals surface area contributed by atoms with Crippen molar-refractivity contribution in [3.05, 3.63) is 65.6 Å². The number of hydrogen-bond donors (Lipinski definition) is 1. The molecule has 13 nitrogen and oxygen atoms in total. The van der Waals surface area contributed by atoms with Gasteiger partial charge in [0, 0.05) is 42.1 Å². The Labute approximate surface area is 304 Å². The molecule has 1 aliphatic heterocycles. The van der Waals surface area contributed by atoms with Crippen LogP contribution in [0.2, 0.25) is 51.4 Å². The molecule has 1 saturated heterocycles. The lowest BCUT2D eigenvalue weighted by atomic mass is 10.2. The number of imidazole rings is 2. The van der Waals surface area contributed by atoms with Crippen LogP contribution in [0.3, 0.4) is 0 Å². The van der Waals surface area contributed by atoms with Crippen LogP contribution < -0.4 is 5.32 Å². The molecule has 1 N–H and O–H groups in total. The molecule has 0 spiro atoms. The first kappa shape index (κ1) is 40.0. The molecule has 0 bridgehead atoms. The molecule has 1 fully saturated rings. The number of carbonyl (C=O) groups is 3. The molecule has 280 valence electrons. The van der Waals surface area contributed by atoms with Gasteiger partial charge in [-0.1, -0.05) is 69.6 Å². The smallest absolute Gasteiger partial charge is 0.413 e. The van der Waals surface area contributed by atoms with Gasteiger partial charge < -0.3 is 23.5 Å². The molecule has 51 heavy (non-hydrogen) atoms. The van der Waals surface area contributed by atoms with E-state index >= 15 is 0 Å². The topological polar surface area (TPSA) is 139 Å². The summed E-state index contributed by atoms with van der Waals surface area (Å²) in [6.45, 7) is 20.9. The summed E-state index contributed by atoms with van der Waals surface area (Å²) < 4.78 is 26.6.